The molecule has 0 radical (unpaired) electrons. The molecule has 3 rings (SSSR count). The van der Waals surface area contributed by atoms with Crippen molar-refractivity contribution in [2.75, 3.05) is 13.1 Å². The van der Waals surface area contributed by atoms with Gasteiger partial charge in [0.1, 0.15) is 0 Å². The van der Waals surface area contributed by atoms with E-state index in [1.807, 2.05) is 30.0 Å². The van der Waals surface area contributed by atoms with E-state index in [9.17, 15) is 4.79 Å². The summed E-state index contributed by atoms with van der Waals surface area (Å²) < 4.78 is 6.01. The monoisotopic (exact) mass is 320 g/mol. The van der Waals surface area contributed by atoms with Crippen LogP contribution in [0.2, 0.25) is 0 Å². The smallest absolute Gasteiger partial charge is 0.254 e. The normalized spacial score (nSPS) is 20.4. The molecule has 1 fully saturated rings. The maximum absolute atomic E-state index is 12.8. The second kappa shape index (κ2) is 7.29. The molecule has 4 nitrogen and oxygen atoms in total. The third-order valence-electron chi connectivity index (χ3n) is 4.16. The molecule has 0 saturated carbocycles. The van der Waals surface area contributed by atoms with Gasteiger partial charge in [-0.05, 0) is 30.7 Å². The predicted octanol–water partition coefficient (Wildman–Crippen LogP) is 3.03. The summed E-state index contributed by atoms with van der Waals surface area (Å²) in [7, 11) is 0. The molecule has 24 heavy (non-hydrogen) atoms. The lowest BCUT2D eigenvalue weighted by Crippen LogP contribution is -2.49. The number of morpholine rings is 1. The lowest BCUT2D eigenvalue weighted by molar-refractivity contribution is -0.0664. The highest BCUT2D eigenvalue weighted by Crippen LogP contribution is 2.18. The van der Waals surface area contributed by atoms with Gasteiger partial charge in [0, 0.05) is 25.1 Å². The Morgan fingerprint density at radius 1 is 1.21 bits per heavy atom. The van der Waals surface area contributed by atoms with Crippen molar-refractivity contribution in [1.29, 1.82) is 5.26 Å². The van der Waals surface area contributed by atoms with Crippen LogP contribution in [-0.2, 0) is 11.2 Å². The van der Waals surface area contributed by atoms with Crippen molar-refractivity contribution in [3.05, 3.63) is 71.3 Å². The van der Waals surface area contributed by atoms with E-state index in [-0.39, 0.29) is 18.1 Å². The largest absolute Gasteiger partial charge is 0.371 e. The molecular weight excluding hydrogens is 300 g/mol. The van der Waals surface area contributed by atoms with Crippen LogP contribution in [0.5, 0.6) is 0 Å². The molecule has 0 aliphatic carbocycles. The van der Waals surface area contributed by atoms with Crippen molar-refractivity contribution in [2.24, 2.45) is 0 Å². The van der Waals surface area contributed by atoms with E-state index in [0.717, 1.165) is 6.42 Å². The lowest BCUT2D eigenvalue weighted by Gasteiger charge is -2.37. The number of ether oxygens (including phenoxy) is 1. The molecular formula is C20H20N2O2. The molecule has 0 bridgehead atoms. The summed E-state index contributed by atoms with van der Waals surface area (Å²) in [6.45, 7) is 3.12. The molecule has 1 heterocycles. The average Bonchev–Trinajstić information content (AvgIpc) is 2.61. The predicted molar refractivity (Wildman–Crippen MR) is 91.5 cm³/mol. The molecule has 1 amide bonds. The minimum absolute atomic E-state index is 0.00411. The maximum Gasteiger partial charge on any atom is 0.254 e. The van der Waals surface area contributed by atoms with Crippen LogP contribution in [0.3, 0.4) is 0 Å². The number of rotatable bonds is 3. The SMILES string of the molecule is CC1CN(C(=O)c2cccc(C#N)c2)CC(Cc2ccccc2)O1. The van der Waals surface area contributed by atoms with Crippen molar-refractivity contribution in [1.82, 2.24) is 4.90 Å². The highest BCUT2D eigenvalue weighted by molar-refractivity contribution is 5.94. The minimum Gasteiger partial charge on any atom is -0.371 e. The van der Waals surface area contributed by atoms with Gasteiger partial charge >= 0.3 is 0 Å². The number of nitrogens with zero attached hydrogens (tertiary/aromatic N) is 2. The van der Waals surface area contributed by atoms with E-state index >= 15 is 0 Å². The van der Waals surface area contributed by atoms with Crippen molar-refractivity contribution < 1.29 is 9.53 Å². The second-order valence-corrected chi connectivity index (χ2v) is 6.16. The number of amides is 1. The Morgan fingerprint density at radius 3 is 2.75 bits per heavy atom. The Labute approximate surface area is 142 Å². The molecule has 4 heteroatoms. The van der Waals surface area contributed by atoms with Crippen LogP contribution in [0, 0.1) is 11.3 Å². The minimum atomic E-state index is -0.0414. The van der Waals surface area contributed by atoms with Gasteiger partial charge in [-0.25, -0.2) is 0 Å². The first-order valence-corrected chi connectivity index (χ1v) is 8.14. The number of hydrogen-bond donors (Lipinski definition) is 0. The van der Waals surface area contributed by atoms with Crippen LogP contribution < -0.4 is 0 Å². The van der Waals surface area contributed by atoms with Crippen molar-refractivity contribution >= 4 is 5.91 Å². The molecule has 2 aromatic carbocycles. The van der Waals surface area contributed by atoms with Gasteiger partial charge in [0.2, 0.25) is 0 Å². The highest BCUT2D eigenvalue weighted by atomic mass is 16.5. The number of carbonyl (C=O) groups is 1. The first-order chi connectivity index (χ1) is 11.7. The zero-order valence-corrected chi connectivity index (χ0v) is 13.7. The lowest BCUT2D eigenvalue weighted by atomic mass is 10.0. The van der Waals surface area contributed by atoms with E-state index in [1.165, 1.54) is 5.56 Å². The number of nitriles is 1. The van der Waals surface area contributed by atoms with E-state index < -0.39 is 0 Å². The Balaban J connectivity index is 1.73. The molecule has 1 aliphatic rings. The summed E-state index contributed by atoms with van der Waals surface area (Å²) in [4.78, 5) is 14.6. The van der Waals surface area contributed by atoms with Gasteiger partial charge in [-0.3, -0.25) is 4.79 Å². The first-order valence-electron chi connectivity index (χ1n) is 8.14. The van der Waals surface area contributed by atoms with Gasteiger partial charge in [-0.15, -0.1) is 0 Å². The molecule has 0 N–H and O–H groups in total. The molecule has 0 aromatic heterocycles. The number of benzene rings is 2. The van der Waals surface area contributed by atoms with Crippen molar-refractivity contribution in [3.63, 3.8) is 0 Å². The third kappa shape index (κ3) is 3.81. The van der Waals surface area contributed by atoms with Crippen LogP contribution >= 0.6 is 0 Å². The Hall–Kier alpha value is -2.64. The zero-order valence-electron chi connectivity index (χ0n) is 13.7. The zero-order chi connectivity index (χ0) is 16.9. The van der Waals surface area contributed by atoms with Crippen molar-refractivity contribution in [2.45, 2.75) is 25.6 Å². The third-order valence-corrected chi connectivity index (χ3v) is 4.16. The summed E-state index contributed by atoms with van der Waals surface area (Å²) in [6.07, 6.45) is 0.766. The molecule has 1 saturated heterocycles. The Kier molecular flexibility index (Phi) is 4.93. The Morgan fingerprint density at radius 2 is 2.00 bits per heavy atom. The maximum atomic E-state index is 12.8. The molecule has 122 valence electrons. The van der Waals surface area contributed by atoms with Crippen LogP contribution in [0.15, 0.2) is 54.6 Å². The summed E-state index contributed by atoms with van der Waals surface area (Å²) in [6, 6.07) is 19.1. The van der Waals surface area contributed by atoms with Gasteiger partial charge in [-0.1, -0.05) is 36.4 Å². The molecule has 2 aromatic rings. The van der Waals surface area contributed by atoms with Crippen LogP contribution in [0.1, 0.15) is 28.4 Å². The standard InChI is InChI=1S/C20H20N2O2/c1-15-13-22(20(23)18-9-5-8-17(10-18)12-21)14-19(24-15)11-16-6-3-2-4-7-16/h2-10,15,19H,11,13-14H2,1H3. The summed E-state index contributed by atoms with van der Waals surface area (Å²) in [5.41, 5.74) is 2.26. The topological polar surface area (TPSA) is 53.3 Å². The van der Waals surface area contributed by atoms with Gasteiger partial charge in [-0.2, -0.15) is 5.26 Å². The second-order valence-electron chi connectivity index (χ2n) is 6.16. The molecule has 2 atom stereocenters. The molecule has 1 aliphatic heterocycles. The number of carbonyl (C=O) groups excluding carboxylic acids is 1. The van der Waals surface area contributed by atoms with Gasteiger partial charge in [0.25, 0.3) is 5.91 Å². The van der Waals surface area contributed by atoms with E-state index in [1.54, 1.807) is 24.3 Å². The average molecular weight is 320 g/mol. The fraction of sp³-hybridized carbons (Fsp3) is 0.300. The van der Waals surface area contributed by atoms with E-state index in [4.69, 9.17) is 10.00 Å². The molecule has 0 spiro atoms. The summed E-state index contributed by atoms with van der Waals surface area (Å²) in [5.74, 6) is -0.0414. The number of hydrogen-bond acceptors (Lipinski definition) is 3. The van der Waals surface area contributed by atoms with E-state index in [2.05, 4.69) is 18.2 Å². The summed E-state index contributed by atoms with van der Waals surface area (Å²) >= 11 is 0. The quantitative estimate of drug-likeness (QED) is 0.873. The van der Waals surface area contributed by atoms with Crippen molar-refractivity contribution in [3.8, 4) is 6.07 Å². The van der Waals surface area contributed by atoms with Gasteiger partial charge < -0.3 is 9.64 Å². The highest BCUT2D eigenvalue weighted by Gasteiger charge is 2.29. The van der Waals surface area contributed by atoms with Crippen LogP contribution in [0.4, 0.5) is 0 Å². The van der Waals surface area contributed by atoms with E-state index in [0.29, 0.717) is 24.2 Å². The van der Waals surface area contributed by atoms with Crippen LogP contribution in [0.25, 0.3) is 0 Å². The van der Waals surface area contributed by atoms with Crippen LogP contribution in [-0.4, -0.2) is 36.1 Å². The fourth-order valence-corrected chi connectivity index (χ4v) is 3.11. The van der Waals surface area contributed by atoms with Gasteiger partial charge in [0.15, 0.2) is 0 Å². The van der Waals surface area contributed by atoms with Gasteiger partial charge in [0.05, 0.1) is 23.8 Å². The summed E-state index contributed by atoms with van der Waals surface area (Å²) in [5, 5.41) is 9.01. The first kappa shape index (κ1) is 16.2. The Bertz CT molecular complexity index is 752. The fourth-order valence-electron chi connectivity index (χ4n) is 3.11. The molecule has 2 unspecified atom stereocenters.